The number of anilines is 2. The summed E-state index contributed by atoms with van der Waals surface area (Å²) < 4.78 is 21.9. The molecule has 0 saturated carbocycles. The summed E-state index contributed by atoms with van der Waals surface area (Å²) in [6.45, 7) is 4.45. The van der Waals surface area contributed by atoms with E-state index in [4.69, 9.17) is 9.84 Å². The molecule has 1 aromatic heterocycles. The number of nitrogens with one attached hydrogen (secondary N) is 1. The van der Waals surface area contributed by atoms with Crippen LogP contribution in [-0.4, -0.2) is 42.0 Å². The number of ether oxygens (including phenoxy) is 1. The molecule has 0 bridgehead atoms. The van der Waals surface area contributed by atoms with Gasteiger partial charge in [0.2, 0.25) is 0 Å². The molecule has 0 radical (unpaired) electrons. The Bertz CT molecular complexity index is 1300. The quantitative estimate of drug-likeness (QED) is 0.455. The number of morpholine rings is 1. The van der Waals surface area contributed by atoms with Crippen molar-refractivity contribution >= 4 is 17.3 Å². The van der Waals surface area contributed by atoms with E-state index in [0.29, 0.717) is 48.9 Å². The lowest BCUT2D eigenvalue weighted by atomic mass is 10.1. The van der Waals surface area contributed by atoms with Crippen molar-refractivity contribution in [2.75, 3.05) is 36.5 Å². The predicted molar refractivity (Wildman–Crippen MR) is 131 cm³/mol. The van der Waals surface area contributed by atoms with Crippen LogP contribution in [0.1, 0.15) is 15.9 Å². The van der Waals surface area contributed by atoms with E-state index in [1.54, 1.807) is 23.0 Å². The molecule has 4 aromatic rings. The maximum atomic E-state index is 14.8. The van der Waals surface area contributed by atoms with Gasteiger partial charge in [-0.2, -0.15) is 5.10 Å². The summed E-state index contributed by atoms with van der Waals surface area (Å²) in [7, 11) is 0. The molecule has 1 aliphatic rings. The van der Waals surface area contributed by atoms with Crippen molar-refractivity contribution in [3.8, 4) is 16.9 Å². The van der Waals surface area contributed by atoms with Gasteiger partial charge in [-0.25, -0.2) is 9.07 Å². The molecule has 1 saturated heterocycles. The summed E-state index contributed by atoms with van der Waals surface area (Å²) in [6, 6.07) is 22.2. The van der Waals surface area contributed by atoms with Crippen molar-refractivity contribution in [2.45, 2.75) is 6.92 Å². The van der Waals surface area contributed by atoms with Crippen LogP contribution in [-0.2, 0) is 4.74 Å². The number of amides is 1. The first-order chi connectivity index (χ1) is 16.6. The highest BCUT2D eigenvalue weighted by atomic mass is 19.1. The fourth-order valence-electron chi connectivity index (χ4n) is 4.02. The molecule has 1 fully saturated rings. The van der Waals surface area contributed by atoms with Crippen molar-refractivity contribution in [2.24, 2.45) is 0 Å². The second-order valence-corrected chi connectivity index (χ2v) is 8.26. The van der Waals surface area contributed by atoms with Gasteiger partial charge >= 0.3 is 0 Å². The van der Waals surface area contributed by atoms with Crippen LogP contribution in [0, 0.1) is 12.7 Å². The van der Waals surface area contributed by atoms with Crippen molar-refractivity contribution in [1.29, 1.82) is 0 Å². The Morgan fingerprint density at radius 1 is 1.00 bits per heavy atom. The van der Waals surface area contributed by atoms with Crippen LogP contribution in [0.5, 0.6) is 0 Å². The highest BCUT2D eigenvalue weighted by molar-refractivity contribution is 6.08. The molecule has 0 atom stereocenters. The van der Waals surface area contributed by atoms with Gasteiger partial charge in [0.25, 0.3) is 5.91 Å². The Hall–Kier alpha value is -3.97. The first-order valence-corrected chi connectivity index (χ1v) is 11.2. The van der Waals surface area contributed by atoms with Crippen LogP contribution in [0.3, 0.4) is 0 Å². The van der Waals surface area contributed by atoms with Gasteiger partial charge < -0.3 is 15.0 Å². The average Bonchev–Trinajstić information content (AvgIpc) is 3.31. The maximum Gasteiger partial charge on any atom is 0.259 e. The van der Waals surface area contributed by atoms with Gasteiger partial charge in [-0.1, -0.05) is 48.0 Å². The smallest absolute Gasteiger partial charge is 0.259 e. The second kappa shape index (κ2) is 9.49. The summed E-state index contributed by atoms with van der Waals surface area (Å²) in [5, 5.41) is 7.54. The molecule has 34 heavy (non-hydrogen) atoms. The van der Waals surface area contributed by atoms with Crippen molar-refractivity contribution in [3.05, 3.63) is 95.9 Å². The predicted octanol–water partition coefficient (Wildman–Crippen LogP) is 5.08. The van der Waals surface area contributed by atoms with Gasteiger partial charge in [0, 0.05) is 30.5 Å². The van der Waals surface area contributed by atoms with Crippen LogP contribution in [0.4, 0.5) is 15.8 Å². The van der Waals surface area contributed by atoms with Crippen molar-refractivity contribution in [3.63, 3.8) is 0 Å². The van der Waals surface area contributed by atoms with Crippen LogP contribution >= 0.6 is 0 Å². The highest BCUT2D eigenvalue weighted by Gasteiger charge is 2.20. The molecule has 3 aromatic carbocycles. The SMILES string of the molecule is Cc1ccc(-n2cc(C(=O)Nc3ccc(N4CCOCC4)c(F)c3)c(-c3ccccc3)n2)cc1. The Morgan fingerprint density at radius 2 is 1.74 bits per heavy atom. The standard InChI is InChI=1S/C27H25FN4O2/c1-19-7-10-22(11-8-19)32-18-23(26(30-32)20-5-3-2-4-6-20)27(33)29-21-9-12-25(24(28)17-21)31-13-15-34-16-14-31/h2-12,17-18H,13-16H2,1H3,(H,29,33). The lowest BCUT2D eigenvalue weighted by Gasteiger charge is -2.29. The molecule has 0 spiro atoms. The number of benzene rings is 3. The zero-order valence-corrected chi connectivity index (χ0v) is 18.9. The lowest BCUT2D eigenvalue weighted by molar-refractivity contribution is 0.102. The molecule has 0 unspecified atom stereocenters. The Balaban J connectivity index is 1.44. The fourth-order valence-corrected chi connectivity index (χ4v) is 4.02. The summed E-state index contributed by atoms with van der Waals surface area (Å²) in [6.07, 6.45) is 1.71. The summed E-state index contributed by atoms with van der Waals surface area (Å²) in [5.41, 5.74) is 4.68. The number of carbonyl (C=O) groups is 1. The third-order valence-corrected chi connectivity index (χ3v) is 5.86. The minimum atomic E-state index is -0.377. The Labute approximate surface area is 197 Å². The van der Waals surface area contributed by atoms with E-state index in [9.17, 15) is 9.18 Å². The van der Waals surface area contributed by atoms with Crippen LogP contribution < -0.4 is 10.2 Å². The van der Waals surface area contributed by atoms with E-state index in [1.807, 2.05) is 66.4 Å². The molecule has 2 heterocycles. The number of rotatable bonds is 5. The third-order valence-electron chi connectivity index (χ3n) is 5.86. The van der Waals surface area contributed by atoms with Gasteiger partial charge in [-0.05, 0) is 37.3 Å². The fraction of sp³-hybridized carbons (Fsp3) is 0.185. The topological polar surface area (TPSA) is 59.4 Å². The van der Waals surface area contributed by atoms with Gasteiger partial charge in [0.05, 0.1) is 30.2 Å². The van der Waals surface area contributed by atoms with E-state index >= 15 is 0 Å². The molecule has 7 heteroatoms. The normalized spacial score (nSPS) is 13.6. The first kappa shape index (κ1) is 21.9. The highest BCUT2D eigenvalue weighted by Crippen LogP contribution is 2.27. The number of aromatic nitrogens is 2. The molecule has 1 amide bonds. The Kier molecular flexibility index (Phi) is 6.10. The lowest BCUT2D eigenvalue weighted by Crippen LogP contribution is -2.36. The van der Waals surface area contributed by atoms with E-state index in [2.05, 4.69) is 5.32 Å². The zero-order valence-electron chi connectivity index (χ0n) is 18.9. The van der Waals surface area contributed by atoms with E-state index in [1.165, 1.54) is 6.07 Å². The minimum Gasteiger partial charge on any atom is -0.378 e. The zero-order chi connectivity index (χ0) is 23.5. The number of halogens is 1. The number of aryl methyl sites for hydroxylation is 1. The molecule has 172 valence electrons. The minimum absolute atomic E-state index is 0.351. The largest absolute Gasteiger partial charge is 0.378 e. The van der Waals surface area contributed by atoms with E-state index in [0.717, 1.165) is 16.8 Å². The molecule has 0 aliphatic carbocycles. The molecule has 5 rings (SSSR count). The Morgan fingerprint density at radius 3 is 2.44 bits per heavy atom. The van der Waals surface area contributed by atoms with Gasteiger partial charge in [-0.3, -0.25) is 4.79 Å². The van der Waals surface area contributed by atoms with Crippen LogP contribution in [0.25, 0.3) is 16.9 Å². The molecular weight excluding hydrogens is 431 g/mol. The monoisotopic (exact) mass is 456 g/mol. The number of hydrogen-bond acceptors (Lipinski definition) is 4. The molecular formula is C27H25FN4O2. The second-order valence-electron chi connectivity index (χ2n) is 8.26. The third kappa shape index (κ3) is 4.56. The summed E-state index contributed by atoms with van der Waals surface area (Å²) in [4.78, 5) is 15.2. The van der Waals surface area contributed by atoms with Crippen LogP contribution in [0.15, 0.2) is 79.0 Å². The number of carbonyl (C=O) groups excluding carboxylic acids is 1. The summed E-state index contributed by atoms with van der Waals surface area (Å²) in [5.74, 6) is -0.728. The summed E-state index contributed by atoms with van der Waals surface area (Å²) >= 11 is 0. The first-order valence-electron chi connectivity index (χ1n) is 11.2. The van der Waals surface area contributed by atoms with Gasteiger partial charge in [-0.15, -0.1) is 0 Å². The molecule has 1 aliphatic heterocycles. The van der Waals surface area contributed by atoms with Gasteiger partial charge in [0.15, 0.2) is 0 Å². The molecule has 6 nitrogen and oxygen atoms in total. The van der Waals surface area contributed by atoms with Crippen molar-refractivity contribution < 1.29 is 13.9 Å². The van der Waals surface area contributed by atoms with E-state index in [-0.39, 0.29) is 11.7 Å². The number of nitrogens with zero attached hydrogens (tertiary/aromatic N) is 3. The van der Waals surface area contributed by atoms with Crippen LogP contribution in [0.2, 0.25) is 0 Å². The maximum absolute atomic E-state index is 14.8. The van der Waals surface area contributed by atoms with Crippen molar-refractivity contribution in [1.82, 2.24) is 9.78 Å². The molecule has 1 N–H and O–H groups in total. The van der Waals surface area contributed by atoms with E-state index < -0.39 is 0 Å². The average molecular weight is 457 g/mol. The number of hydrogen-bond donors (Lipinski definition) is 1. The van der Waals surface area contributed by atoms with Gasteiger partial charge in [0.1, 0.15) is 11.5 Å².